The van der Waals surface area contributed by atoms with Gasteiger partial charge in [-0.05, 0) is 74.2 Å². The molecule has 2 aliphatic rings. The molecule has 0 bridgehead atoms. The number of amides is 2. The number of furan rings is 1. The number of hydrogen-bond acceptors (Lipinski definition) is 6. The van der Waals surface area contributed by atoms with Crippen molar-refractivity contribution in [2.75, 3.05) is 0 Å². The second-order valence-electron chi connectivity index (χ2n) is 9.73. The molecule has 1 unspecified atom stereocenters. The first-order chi connectivity index (χ1) is 17.5. The Bertz CT molecular complexity index is 1190. The van der Waals surface area contributed by atoms with Crippen LogP contribution in [0.25, 0.3) is 11.4 Å². The lowest BCUT2D eigenvalue weighted by atomic mass is 10.1. The number of benzene rings is 1. The molecular formula is C26H31FN6O3. The maximum atomic E-state index is 13.8. The predicted octanol–water partition coefficient (Wildman–Crippen LogP) is 3.95. The fraction of sp³-hybridized carbons (Fsp3) is 0.500. The van der Waals surface area contributed by atoms with Crippen molar-refractivity contribution in [2.24, 2.45) is 0 Å². The van der Waals surface area contributed by atoms with E-state index in [0.29, 0.717) is 22.9 Å². The van der Waals surface area contributed by atoms with Gasteiger partial charge in [-0.15, -0.1) is 10.2 Å². The number of aryl methyl sites for hydroxylation is 1. The minimum atomic E-state index is -0.866. The molecule has 0 radical (unpaired) electrons. The third kappa shape index (κ3) is 5.32. The SMILES string of the molecule is Cc1ccc(C(C(=O)NC2CCCC2)N(C(=O)Cn2nnc(-c3ccc(F)cc3)n2)C2CCCC2)o1. The van der Waals surface area contributed by atoms with Gasteiger partial charge >= 0.3 is 0 Å². The molecule has 0 aliphatic heterocycles. The van der Waals surface area contributed by atoms with Gasteiger partial charge in [0, 0.05) is 17.6 Å². The Kier molecular flexibility index (Phi) is 7.11. The quantitative estimate of drug-likeness (QED) is 0.508. The first kappa shape index (κ1) is 24.1. The normalized spacial score (nSPS) is 17.4. The molecule has 1 aromatic carbocycles. The Hall–Kier alpha value is -3.56. The van der Waals surface area contributed by atoms with Crippen LogP contribution >= 0.6 is 0 Å². The molecule has 1 atom stereocenters. The van der Waals surface area contributed by atoms with E-state index in [0.717, 1.165) is 51.4 Å². The number of tetrazole rings is 1. The van der Waals surface area contributed by atoms with Crippen molar-refractivity contribution >= 4 is 11.8 Å². The van der Waals surface area contributed by atoms with Crippen LogP contribution in [0.15, 0.2) is 40.8 Å². The molecule has 2 fully saturated rings. The molecule has 2 amide bonds. The van der Waals surface area contributed by atoms with Crippen LogP contribution < -0.4 is 5.32 Å². The summed E-state index contributed by atoms with van der Waals surface area (Å²) in [6.07, 6.45) is 7.72. The lowest BCUT2D eigenvalue weighted by Gasteiger charge is -2.35. The molecule has 2 aliphatic carbocycles. The molecule has 5 rings (SSSR count). The number of nitrogens with one attached hydrogen (secondary N) is 1. The molecule has 9 nitrogen and oxygen atoms in total. The van der Waals surface area contributed by atoms with Crippen LogP contribution in [0.4, 0.5) is 4.39 Å². The van der Waals surface area contributed by atoms with Crippen molar-refractivity contribution in [1.82, 2.24) is 30.4 Å². The number of rotatable bonds is 8. The van der Waals surface area contributed by atoms with E-state index in [-0.39, 0.29) is 36.3 Å². The average molecular weight is 495 g/mol. The van der Waals surface area contributed by atoms with E-state index in [2.05, 4.69) is 20.7 Å². The van der Waals surface area contributed by atoms with Gasteiger partial charge in [0.05, 0.1) is 0 Å². The van der Waals surface area contributed by atoms with Gasteiger partial charge < -0.3 is 14.6 Å². The van der Waals surface area contributed by atoms with Gasteiger partial charge in [0.1, 0.15) is 23.9 Å². The summed E-state index contributed by atoms with van der Waals surface area (Å²) >= 11 is 0. The third-order valence-corrected chi connectivity index (χ3v) is 7.10. The predicted molar refractivity (Wildman–Crippen MR) is 129 cm³/mol. The highest BCUT2D eigenvalue weighted by Gasteiger charge is 2.40. The highest BCUT2D eigenvalue weighted by atomic mass is 19.1. The largest absolute Gasteiger partial charge is 0.464 e. The minimum Gasteiger partial charge on any atom is -0.464 e. The van der Waals surface area contributed by atoms with Gasteiger partial charge in [-0.25, -0.2) is 4.39 Å². The fourth-order valence-corrected chi connectivity index (χ4v) is 5.31. The van der Waals surface area contributed by atoms with Crippen molar-refractivity contribution in [3.8, 4) is 11.4 Å². The Morgan fingerprint density at radius 3 is 2.44 bits per heavy atom. The fourth-order valence-electron chi connectivity index (χ4n) is 5.31. The van der Waals surface area contributed by atoms with Gasteiger partial charge in [-0.2, -0.15) is 4.80 Å². The average Bonchev–Trinajstić information content (AvgIpc) is 3.66. The molecule has 2 aromatic heterocycles. The van der Waals surface area contributed by atoms with Crippen molar-refractivity contribution < 1.29 is 18.4 Å². The van der Waals surface area contributed by atoms with Crippen molar-refractivity contribution in [2.45, 2.75) is 83.0 Å². The van der Waals surface area contributed by atoms with E-state index in [4.69, 9.17) is 4.42 Å². The molecule has 1 N–H and O–H groups in total. The van der Waals surface area contributed by atoms with Crippen molar-refractivity contribution in [3.05, 3.63) is 53.7 Å². The van der Waals surface area contributed by atoms with E-state index >= 15 is 0 Å². The minimum absolute atomic E-state index is 0.0812. The zero-order valence-electron chi connectivity index (χ0n) is 20.4. The van der Waals surface area contributed by atoms with E-state index in [9.17, 15) is 14.0 Å². The van der Waals surface area contributed by atoms with Gasteiger partial charge in [-0.3, -0.25) is 9.59 Å². The second kappa shape index (κ2) is 10.6. The topological polar surface area (TPSA) is 106 Å². The lowest BCUT2D eigenvalue weighted by Crippen LogP contribution is -2.50. The summed E-state index contributed by atoms with van der Waals surface area (Å²) in [5.74, 6) is 0.600. The van der Waals surface area contributed by atoms with E-state index in [1.54, 1.807) is 23.1 Å². The number of carbonyl (C=O) groups excluding carboxylic acids is 2. The van der Waals surface area contributed by atoms with Crippen LogP contribution in [0.5, 0.6) is 0 Å². The highest BCUT2D eigenvalue weighted by Crippen LogP contribution is 2.33. The highest BCUT2D eigenvalue weighted by molar-refractivity contribution is 5.88. The lowest BCUT2D eigenvalue weighted by molar-refractivity contribution is -0.145. The summed E-state index contributed by atoms with van der Waals surface area (Å²) < 4.78 is 19.2. The smallest absolute Gasteiger partial charge is 0.250 e. The first-order valence-corrected chi connectivity index (χ1v) is 12.7. The van der Waals surface area contributed by atoms with Crippen LogP contribution in [-0.4, -0.2) is 49.0 Å². The summed E-state index contributed by atoms with van der Waals surface area (Å²) in [6, 6.07) is 8.53. The number of nitrogens with zero attached hydrogens (tertiary/aromatic N) is 5. The molecule has 0 spiro atoms. The first-order valence-electron chi connectivity index (χ1n) is 12.7. The zero-order chi connectivity index (χ0) is 25.1. The molecule has 3 aromatic rings. The number of hydrogen-bond donors (Lipinski definition) is 1. The summed E-state index contributed by atoms with van der Waals surface area (Å²) in [5.41, 5.74) is 0.600. The molecule has 2 saturated carbocycles. The molecule has 190 valence electrons. The number of halogens is 1. The van der Waals surface area contributed by atoms with E-state index < -0.39 is 6.04 Å². The molecule has 2 heterocycles. The van der Waals surface area contributed by atoms with Crippen molar-refractivity contribution in [1.29, 1.82) is 0 Å². The van der Waals surface area contributed by atoms with Crippen LogP contribution in [0.3, 0.4) is 0 Å². The van der Waals surface area contributed by atoms with Gasteiger partial charge in [0.2, 0.25) is 11.7 Å². The molecule has 10 heteroatoms. The van der Waals surface area contributed by atoms with Crippen LogP contribution in [0, 0.1) is 12.7 Å². The molecule has 36 heavy (non-hydrogen) atoms. The van der Waals surface area contributed by atoms with Gasteiger partial charge in [-0.1, -0.05) is 25.7 Å². The Morgan fingerprint density at radius 1 is 1.08 bits per heavy atom. The maximum absolute atomic E-state index is 13.8. The van der Waals surface area contributed by atoms with E-state index in [1.807, 2.05) is 13.0 Å². The van der Waals surface area contributed by atoms with Crippen molar-refractivity contribution in [3.63, 3.8) is 0 Å². The standard InChI is InChI=1S/C26H31FN6O3/c1-17-10-15-22(36-17)24(26(35)28-20-6-2-3-7-20)33(21-8-4-5-9-21)23(34)16-32-30-25(29-31-32)18-11-13-19(27)14-12-18/h10-15,20-21,24H,2-9,16H2,1H3,(H,28,35). The van der Waals surface area contributed by atoms with E-state index in [1.165, 1.54) is 16.9 Å². The number of carbonyl (C=O) groups is 2. The second-order valence-corrected chi connectivity index (χ2v) is 9.73. The van der Waals surface area contributed by atoms with Gasteiger partial charge in [0.15, 0.2) is 6.04 Å². The monoisotopic (exact) mass is 494 g/mol. The summed E-state index contributed by atoms with van der Waals surface area (Å²) in [4.78, 5) is 30.3. The third-order valence-electron chi connectivity index (χ3n) is 7.10. The Morgan fingerprint density at radius 2 is 1.78 bits per heavy atom. The number of aromatic nitrogens is 4. The van der Waals surface area contributed by atoms with Crippen LogP contribution in [-0.2, 0) is 16.1 Å². The summed E-state index contributed by atoms with van der Waals surface area (Å²) in [7, 11) is 0. The van der Waals surface area contributed by atoms with Crippen LogP contribution in [0.1, 0.15) is 68.9 Å². The summed E-state index contributed by atoms with van der Waals surface area (Å²) in [6.45, 7) is 1.66. The molecular weight excluding hydrogens is 463 g/mol. The Balaban J connectivity index is 1.41. The van der Waals surface area contributed by atoms with Gasteiger partial charge in [0.25, 0.3) is 5.91 Å². The maximum Gasteiger partial charge on any atom is 0.250 e. The summed E-state index contributed by atoms with van der Waals surface area (Å²) in [5, 5.41) is 15.6. The van der Waals surface area contributed by atoms with Crippen LogP contribution in [0.2, 0.25) is 0 Å². The zero-order valence-corrected chi connectivity index (χ0v) is 20.4. The molecule has 0 saturated heterocycles. The Labute approximate surface area is 209 Å².